The van der Waals surface area contributed by atoms with Gasteiger partial charge >= 0.3 is 5.97 Å². The molecule has 1 atom stereocenters. The largest absolute Gasteiger partial charge is 0.481 e. The van der Waals surface area contributed by atoms with E-state index >= 15 is 0 Å². The summed E-state index contributed by atoms with van der Waals surface area (Å²) in [6, 6.07) is 5.84. The van der Waals surface area contributed by atoms with E-state index in [0.29, 0.717) is 18.2 Å². The number of hydrogen-bond donors (Lipinski definition) is 2. The molecule has 22 heavy (non-hydrogen) atoms. The number of rotatable bonds is 10. The Morgan fingerprint density at radius 3 is 2.41 bits per heavy atom. The van der Waals surface area contributed by atoms with E-state index in [1.165, 1.54) is 5.56 Å². The minimum absolute atomic E-state index is 0.0273. The smallest absolute Gasteiger partial charge is 0.304 e. The Labute approximate surface area is 142 Å². The molecule has 0 aliphatic carbocycles. The third-order valence-electron chi connectivity index (χ3n) is 3.56. The van der Waals surface area contributed by atoms with E-state index in [1.807, 2.05) is 0 Å². The van der Waals surface area contributed by atoms with E-state index in [2.05, 4.69) is 30.0 Å². The van der Waals surface area contributed by atoms with E-state index in [4.69, 9.17) is 34.0 Å². The van der Waals surface area contributed by atoms with E-state index in [0.717, 1.165) is 30.8 Å². The van der Waals surface area contributed by atoms with Crippen LogP contribution in [0.2, 0.25) is 0 Å². The Hall–Kier alpha value is -0.970. The van der Waals surface area contributed by atoms with E-state index < -0.39 is 5.97 Å². The topological polar surface area (TPSA) is 66.6 Å². The van der Waals surface area contributed by atoms with Crippen molar-refractivity contribution in [2.24, 2.45) is 5.73 Å². The number of benzene rings is 1. The van der Waals surface area contributed by atoms with Gasteiger partial charge < -0.3 is 15.7 Å². The summed E-state index contributed by atoms with van der Waals surface area (Å²) in [5.41, 5.74) is 9.28. The van der Waals surface area contributed by atoms with Crippen molar-refractivity contribution in [2.45, 2.75) is 32.2 Å². The van der Waals surface area contributed by atoms with Gasteiger partial charge in [-0.15, -0.1) is 23.2 Å². The number of aryl methyl sites for hydroxylation is 1. The third kappa shape index (κ3) is 6.03. The maximum atomic E-state index is 10.8. The second-order valence-corrected chi connectivity index (χ2v) is 5.99. The molecule has 0 radical (unpaired) electrons. The highest BCUT2D eigenvalue weighted by molar-refractivity contribution is 6.18. The Morgan fingerprint density at radius 2 is 1.91 bits per heavy atom. The van der Waals surface area contributed by atoms with Crippen LogP contribution in [-0.2, 0) is 17.6 Å². The number of aliphatic carboxylic acids is 1. The number of hydrogen-bond acceptors (Lipinski definition) is 3. The molecule has 1 aromatic rings. The lowest BCUT2D eigenvalue weighted by molar-refractivity contribution is -0.137. The maximum absolute atomic E-state index is 10.8. The molecule has 0 saturated carbocycles. The van der Waals surface area contributed by atoms with Gasteiger partial charge in [0.1, 0.15) is 0 Å². The fourth-order valence-corrected chi connectivity index (χ4v) is 2.91. The molecule has 0 amide bonds. The molecule has 124 valence electrons. The average Bonchev–Trinajstić information content (AvgIpc) is 2.46. The Balaban J connectivity index is 2.98. The van der Waals surface area contributed by atoms with Crippen LogP contribution in [0, 0.1) is 0 Å². The minimum atomic E-state index is -0.868. The summed E-state index contributed by atoms with van der Waals surface area (Å²) in [5, 5.41) is 8.85. The number of carbonyl (C=O) groups is 1. The van der Waals surface area contributed by atoms with Crippen molar-refractivity contribution < 1.29 is 9.90 Å². The molecule has 0 spiro atoms. The fourth-order valence-electron chi connectivity index (χ4n) is 2.50. The number of carboxylic acids is 1. The number of carboxylic acid groups (broad SMARTS) is 1. The number of anilines is 1. The summed E-state index contributed by atoms with van der Waals surface area (Å²) in [6.45, 7) is 3.53. The van der Waals surface area contributed by atoms with Gasteiger partial charge in [0.05, 0.1) is 6.42 Å². The van der Waals surface area contributed by atoms with Crippen molar-refractivity contribution in [3.8, 4) is 0 Å². The molecule has 0 aliphatic rings. The Morgan fingerprint density at radius 1 is 1.27 bits per heavy atom. The SMILES string of the molecule is CCc1ccc(N(CCCl)CCCl)cc1CC(N)CC(=O)O. The summed E-state index contributed by atoms with van der Waals surface area (Å²) in [7, 11) is 0. The summed E-state index contributed by atoms with van der Waals surface area (Å²) < 4.78 is 0. The van der Waals surface area contributed by atoms with Crippen molar-refractivity contribution in [3.05, 3.63) is 29.3 Å². The molecule has 0 fully saturated rings. The van der Waals surface area contributed by atoms with Crippen molar-refractivity contribution in [1.82, 2.24) is 0 Å². The number of halogens is 2. The first kappa shape index (κ1) is 19.1. The molecule has 4 nitrogen and oxygen atoms in total. The fraction of sp³-hybridized carbons (Fsp3) is 0.562. The van der Waals surface area contributed by atoms with Crippen LogP contribution < -0.4 is 10.6 Å². The van der Waals surface area contributed by atoms with Gasteiger partial charge in [-0.2, -0.15) is 0 Å². The lowest BCUT2D eigenvalue weighted by Crippen LogP contribution is -2.29. The molecule has 1 unspecified atom stereocenters. The molecular weight excluding hydrogens is 323 g/mol. The lowest BCUT2D eigenvalue weighted by Gasteiger charge is -2.24. The van der Waals surface area contributed by atoms with Crippen LogP contribution in [0.4, 0.5) is 5.69 Å². The normalized spacial score (nSPS) is 12.2. The summed E-state index contributed by atoms with van der Waals surface area (Å²) in [6.07, 6.45) is 1.42. The highest BCUT2D eigenvalue weighted by atomic mass is 35.5. The van der Waals surface area contributed by atoms with Crippen LogP contribution in [0.15, 0.2) is 18.2 Å². The first-order chi connectivity index (χ1) is 10.5. The van der Waals surface area contributed by atoms with E-state index in [1.54, 1.807) is 0 Å². The molecule has 0 aromatic heterocycles. The lowest BCUT2D eigenvalue weighted by atomic mass is 9.96. The molecule has 0 aliphatic heterocycles. The summed E-state index contributed by atoms with van der Waals surface area (Å²) in [5.74, 6) is 0.188. The molecule has 0 bridgehead atoms. The average molecular weight is 347 g/mol. The molecule has 0 heterocycles. The molecular formula is C16H24Cl2N2O2. The first-order valence-corrected chi connectivity index (χ1v) is 8.54. The van der Waals surface area contributed by atoms with Gasteiger partial charge in [-0.05, 0) is 36.1 Å². The van der Waals surface area contributed by atoms with Crippen molar-refractivity contribution in [2.75, 3.05) is 29.7 Å². The quantitative estimate of drug-likeness (QED) is 0.639. The zero-order valence-corrected chi connectivity index (χ0v) is 14.4. The highest BCUT2D eigenvalue weighted by Crippen LogP contribution is 2.22. The van der Waals surface area contributed by atoms with Gasteiger partial charge in [-0.3, -0.25) is 4.79 Å². The standard InChI is InChI=1S/C16H24Cl2N2O2/c1-2-12-3-4-15(20(7-5-17)8-6-18)10-13(12)9-14(19)11-16(21)22/h3-4,10,14H,2,5-9,11,19H2,1H3,(H,21,22). The first-order valence-electron chi connectivity index (χ1n) is 7.47. The number of nitrogens with two attached hydrogens (primary N) is 1. The van der Waals surface area contributed by atoms with Gasteiger partial charge in [0.15, 0.2) is 0 Å². The number of alkyl halides is 2. The Kier molecular flexibility index (Phi) is 8.61. The van der Waals surface area contributed by atoms with Crippen molar-refractivity contribution >= 4 is 34.9 Å². The monoisotopic (exact) mass is 346 g/mol. The van der Waals surface area contributed by atoms with E-state index in [9.17, 15) is 4.79 Å². The van der Waals surface area contributed by atoms with Gasteiger partial charge in [-0.25, -0.2) is 0 Å². The zero-order valence-electron chi connectivity index (χ0n) is 12.9. The predicted octanol–water partition coefficient (Wildman–Crippen LogP) is 2.88. The van der Waals surface area contributed by atoms with Crippen LogP contribution in [-0.4, -0.2) is 42.0 Å². The minimum Gasteiger partial charge on any atom is -0.481 e. The number of nitrogens with zero attached hydrogens (tertiary/aromatic N) is 1. The van der Waals surface area contributed by atoms with Crippen LogP contribution in [0.5, 0.6) is 0 Å². The highest BCUT2D eigenvalue weighted by Gasteiger charge is 2.13. The third-order valence-corrected chi connectivity index (χ3v) is 3.90. The second-order valence-electron chi connectivity index (χ2n) is 5.23. The van der Waals surface area contributed by atoms with Gasteiger partial charge in [-0.1, -0.05) is 13.0 Å². The summed E-state index contributed by atoms with van der Waals surface area (Å²) >= 11 is 11.7. The zero-order chi connectivity index (χ0) is 16.5. The Bertz CT molecular complexity index is 477. The van der Waals surface area contributed by atoms with Crippen molar-refractivity contribution in [1.29, 1.82) is 0 Å². The van der Waals surface area contributed by atoms with Crippen LogP contribution >= 0.6 is 23.2 Å². The van der Waals surface area contributed by atoms with Gasteiger partial charge in [0, 0.05) is 36.6 Å². The van der Waals surface area contributed by atoms with Gasteiger partial charge in [0.2, 0.25) is 0 Å². The molecule has 3 N–H and O–H groups in total. The maximum Gasteiger partial charge on any atom is 0.304 e. The van der Waals surface area contributed by atoms with Crippen LogP contribution in [0.3, 0.4) is 0 Å². The molecule has 6 heteroatoms. The second kappa shape index (κ2) is 9.93. The van der Waals surface area contributed by atoms with Crippen LogP contribution in [0.1, 0.15) is 24.5 Å². The molecule has 1 rings (SSSR count). The molecule has 1 aromatic carbocycles. The van der Waals surface area contributed by atoms with Crippen molar-refractivity contribution in [3.63, 3.8) is 0 Å². The van der Waals surface area contributed by atoms with E-state index in [-0.39, 0.29) is 12.5 Å². The predicted molar refractivity (Wildman–Crippen MR) is 93.4 cm³/mol. The summed E-state index contributed by atoms with van der Waals surface area (Å²) in [4.78, 5) is 12.9. The van der Waals surface area contributed by atoms with Crippen LogP contribution in [0.25, 0.3) is 0 Å². The molecule has 0 saturated heterocycles. The van der Waals surface area contributed by atoms with Gasteiger partial charge in [0.25, 0.3) is 0 Å².